The summed E-state index contributed by atoms with van der Waals surface area (Å²) in [5, 5.41) is 0. The van der Waals surface area contributed by atoms with Gasteiger partial charge in [-0.25, -0.2) is 4.39 Å². The van der Waals surface area contributed by atoms with Crippen LogP contribution in [0.15, 0.2) is 79.0 Å². The number of benzene rings is 2. The zero-order chi connectivity index (χ0) is 22.0. The fourth-order valence-electron chi connectivity index (χ4n) is 3.62. The predicted octanol–water partition coefficient (Wildman–Crippen LogP) is 5.52. The van der Waals surface area contributed by atoms with Gasteiger partial charge in [0.15, 0.2) is 5.78 Å². The van der Waals surface area contributed by atoms with Crippen molar-refractivity contribution in [2.45, 2.75) is 6.92 Å². The van der Waals surface area contributed by atoms with Crippen LogP contribution in [0, 0.1) is 12.7 Å². The van der Waals surface area contributed by atoms with E-state index in [9.17, 15) is 14.0 Å². The first-order valence-corrected chi connectivity index (χ1v) is 9.76. The summed E-state index contributed by atoms with van der Waals surface area (Å²) in [4.78, 5) is 25.9. The Balaban J connectivity index is 1.76. The molecule has 5 heteroatoms. The van der Waals surface area contributed by atoms with Crippen molar-refractivity contribution < 1.29 is 18.7 Å². The number of allylic oxidation sites excluding steroid dienone is 1. The molecule has 0 amide bonds. The van der Waals surface area contributed by atoms with Crippen LogP contribution in [0.3, 0.4) is 0 Å². The van der Waals surface area contributed by atoms with Crippen LogP contribution in [0.4, 0.5) is 4.39 Å². The second kappa shape index (κ2) is 8.40. The molecule has 2 heterocycles. The van der Waals surface area contributed by atoms with Gasteiger partial charge in [0.25, 0.3) is 0 Å². The quantitative estimate of drug-likeness (QED) is 0.309. The van der Waals surface area contributed by atoms with Crippen molar-refractivity contribution in [3.63, 3.8) is 0 Å². The van der Waals surface area contributed by atoms with Gasteiger partial charge in [-0.3, -0.25) is 9.59 Å². The van der Waals surface area contributed by atoms with Gasteiger partial charge in [-0.15, -0.1) is 0 Å². The van der Waals surface area contributed by atoms with Crippen LogP contribution < -0.4 is 4.74 Å². The van der Waals surface area contributed by atoms with Gasteiger partial charge in [-0.1, -0.05) is 18.2 Å². The lowest BCUT2D eigenvalue weighted by molar-refractivity contribution is 0.102. The normalized spacial score (nSPS) is 11.2. The summed E-state index contributed by atoms with van der Waals surface area (Å²) < 4.78 is 20.3. The fourth-order valence-corrected chi connectivity index (χ4v) is 3.62. The maximum Gasteiger partial charge on any atom is 0.210 e. The zero-order valence-electron chi connectivity index (χ0n) is 17.1. The molecule has 0 unspecified atom stereocenters. The number of hydrogen-bond acceptors (Lipinski definition) is 3. The molecule has 0 atom stereocenters. The van der Waals surface area contributed by atoms with Gasteiger partial charge >= 0.3 is 0 Å². The van der Waals surface area contributed by atoms with Crippen molar-refractivity contribution in [1.82, 2.24) is 4.40 Å². The topological polar surface area (TPSA) is 47.8 Å². The molecule has 0 bridgehead atoms. The highest BCUT2D eigenvalue weighted by atomic mass is 19.1. The number of pyridine rings is 1. The van der Waals surface area contributed by atoms with Gasteiger partial charge in [0.2, 0.25) is 5.78 Å². The maximum absolute atomic E-state index is 13.3. The van der Waals surface area contributed by atoms with Gasteiger partial charge in [-0.05, 0) is 73.2 Å². The van der Waals surface area contributed by atoms with E-state index in [1.807, 2.05) is 25.1 Å². The minimum absolute atomic E-state index is 0.167. The molecular formula is C26H20FNO3. The number of methoxy groups -OCH3 is 1. The molecule has 0 fully saturated rings. The number of ketones is 2. The van der Waals surface area contributed by atoms with Gasteiger partial charge in [-0.2, -0.15) is 0 Å². The van der Waals surface area contributed by atoms with E-state index in [-0.39, 0.29) is 11.6 Å². The molecule has 2 aromatic carbocycles. The third kappa shape index (κ3) is 3.90. The molecule has 4 rings (SSSR count). The largest absolute Gasteiger partial charge is 0.497 e. The highest BCUT2D eigenvalue weighted by molar-refractivity contribution is 6.11. The third-order valence-corrected chi connectivity index (χ3v) is 5.21. The fraction of sp³-hybridized carbons (Fsp3) is 0.0769. The second-order valence-electron chi connectivity index (χ2n) is 7.11. The van der Waals surface area contributed by atoms with E-state index in [0.29, 0.717) is 22.6 Å². The van der Waals surface area contributed by atoms with Crippen molar-refractivity contribution >= 4 is 23.2 Å². The summed E-state index contributed by atoms with van der Waals surface area (Å²) in [5.74, 6) is -0.164. The number of rotatable bonds is 6. The van der Waals surface area contributed by atoms with Crippen LogP contribution in [0.5, 0.6) is 5.75 Å². The molecule has 4 aromatic rings. The molecule has 0 aliphatic carbocycles. The molecule has 0 aliphatic rings. The van der Waals surface area contributed by atoms with E-state index < -0.39 is 5.82 Å². The molecule has 0 aliphatic heterocycles. The first-order valence-electron chi connectivity index (χ1n) is 9.76. The molecule has 4 nitrogen and oxygen atoms in total. The number of nitrogens with zero attached hydrogens (tertiary/aromatic N) is 1. The maximum atomic E-state index is 13.3. The lowest BCUT2D eigenvalue weighted by Gasteiger charge is -2.04. The van der Waals surface area contributed by atoms with Gasteiger partial charge in [0.1, 0.15) is 11.6 Å². The summed E-state index contributed by atoms with van der Waals surface area (Å²) in [6, 6.07) is 18.0. The molecule has 31 heavy (non-hydrogen) atoms. The van der Waals surface area contributed by atoms with Gasteiger partial charge < -0.3 is 9.14 Å². The zero-order valence-corrected chi connectivity index (χ0v) is 17.1. The standard InChI is InChI=1S/C26H20FNO3/c1-17-22(13-14-24(29)19-6-5-7-21(16-19)31-2)23-8-3-4-15-28(23)25(17)26(30)18-9-11-20(27)12-10-18/h3-16H,1-2H3/b14-13+. The monoisotopic (exact) mass is 413 g/mol. The number of carbonyl (C=O) groups is 2. The molecule has 0 saturated heterocycles. The van der Waals surface area contributed by atoms with Crippen LogP contribution in [-0.4, -0.2) is 23.1 Å². The minimum Gasteiger partial charge on any atom is -0.497 e. The van der Waals surface area contributed by atoms with Crippen LogP contribution in [0.1, 0.15) is 37.5 Å². The summed E-state index contributed by atoms with van der Waals surface area (Å²) in [6.07, 6.45) is 5.03. The predicted molar refractivity (Wildman–Crippen MR) is 118 cm³/mol. The first-order chi connectivity index (χ1) is 15.0. The Morgan fingerprint density at radius 2 is 1.74 bits per heavy atom. The number of carbonyl (C=O) groups excluding carboxylic acids is 2. The number of fused-ring (bicyclic) bond motifs is 1. The first kappa shape index (κ1) is 20.3. The smallest absolute Gasteiger partial charge is 0.210 e. The van der Waals surface area contributed by atoms with E-state index >= 15 is 0 Å². The Hall–Kier alpha value is -3.99. The van der Waals surface area contributed by atoms with E-state index in [2.05, 4.69) is 0 Å². The number of ether oxygens (including phenoxy) is 1. The average Bonchev–Trinajstić information content (AvgIpc) is 3.08. The minimum atomic E-state index is -0.395. The summed E-state index contributed by atoms with van der Waals surface area (Å²) in [7, 11) is 1.55. The van der Waals surface area contributed by atoms with E-state index in [1.54, 1.807) is 48.0 Å². The van der Waals surface area contributed by atoms with Gasteiger partial charge in [0.05, 0.1) is 18.3 Å². The van der Waals surface area contributed by atoms with Crippen LogP contribution in [-0.2, 0) is 0 Å². The molecule has 154 valence electrons. The second-order valence-corrected chi connectivity index (χ2v) is 7.11. The van der Waals surface area contributed by atoms with Crippen LogP contribution in [0.2, 0.25) is 0 Å². The lowest BCUT2D eigenvalue weighted by Crippen LogP contribution is -2.06. The molecule has 0 N–H and O–H groups in total. The Bertz CT molecular complexity index is 1320. The van der Waals surface area contributed by atoms with E-state index in [1.165, 1.54) is 30.3 Å². The molecule has 2 aromatic heterocycles. The SMILES string of the molecule is COc1cccc(C(=O)/C=C/c2c(C)c(C(=O)c3ccc(F)cc3)n3ccccc23)c1. The number of halogens is 1. The summed E-state index contributed by atoms with van der Waals surface area (Å²) in [5.41, 5.74) is 3.73. The van der Waals surface area contributed by atoms with Crippen LogP contribution >= 0.6 is 0 Å². The Morgan fingerprint density at radius 3 is 2.48 bits per heavy atom. The Labute approximate surface area is 179 Å². The molecule has 0 saturated carbocycles. The van der Waals surface area contributed by atoms with Crippen molar-refractivity contribution in [2.24, 2.45) is 0 Å². The van der Waals surface area contributed by atoms with Gasteiger partial charge in [0, 0.05) is 22.9 Å². The van der Waals surface area contributed by atoms with E-state index in [4.69, 9.17) is 4.74 Å². The average molecular weight is 413 g/mol. The lowest BCUT2D eigenvalue weighted by atomic mass is 10.0. The Kier molecular flexibility index (Phi) is 5.50. The summed E-state index contributed by atoms with van der Waals surface area (Å²) >= 11 is 0. The highest BCUT2D eigenvalue weighted by Crippen LogP contribution is 2.27. The third-order valence-electron chi connectivity index (χ3n) is 5.21. The van der Waals surface area contributed by atoms with Crippen molar-refractivity contribution in [3.05, 3.63) is 113 Å². The number of hydrogen-bond donors (Lipinski definition) is 0. The van der Waals surface area contributed by atoms with E-state index in [0.717, 1.165) is 16.6 Å². The van der Waals surface area contributed by atoms with Crippen molar-refractivity contribution in [2.75, 3.05) is 7.11 Å². The Morgan fingerprint density at radius 1 is 0.968 bits per heavy atom. The van der Waals surface area contributed by atoms with Crippen molar-refractivity contribution in [1.29, 1.82) is 0 Å². The molecule has 0 radical (unpaired) electrons. The summed E-state index contributed by atoms with van der Waals surface area (Å²) in [6.45, 7) is 1.85. The van der Waals surface area contributed by atoms with Crippen LogP contribution in [0.25, 0.3) is 11.6 Å². The highest BCUT2D eigenvalue weighted by Gasteiger charge is 2.20. The molecular weight excluding hydrogens is 393 g/mol. The molecule has 0 spiro atoms. The number of aromatic nitrogens is 1. The van der Waals surface area contributed by atoms with Crippen molar-refractivity contribution in [3.8, 4) is 5.75 Å².